The van der Waals surface area contributed by atoms with Crippen LogP contribution >= 0.6 is 23.4 Å². The molecule has 1 N–H and O–H groups in total. The quantitative estimate of drug-likeness (QED) is 0.402. The first kappa shape index (κ1) is 27.3. The van der Waals surface area contributed by atoms with E-state index >= 15 is 0 Å². The third kappa shape index (κ3) is 6.97. The number of likely N-dealkylation sites (tertiary alicyclic amines) is 1. The number of nitrogens with one attached hydrogen (secondary N) is 1. The molecule has 37 heavy (non-hydrogen) atoms. The van der Waals surface area contributed by atoms with Crippen molar-refractivity contribution in [2.45, 2.75) is 50.7 Å². The lowest BCUT2D eigenvalue weighted by atomic mass is 10.1. The molecule has 0 spiro atoms. The van der Waals surface area contributed by atoms with Crippen LogP contribution in [0.2, 0.25) is 5.02 Å². The molecule has 12 heteroatoms. The zero-order valence-electron chi connectivity index (χ0n) is 20.3. The number of ether oxygens (including phenoxy) is 1. The summed E-state index contributed by atoms with van der Waals surface area (Å²) in [5.41, 5.74) is 0.865. The van der Waals surface area contributed by atoms with Gasteiger partial charge in [0.2, 0.25) is 5.91 Å². The van der Waals surface area contributed by atoms with Crippen LogP contribution in [0, 0.1) is 0 Å². The Balaban J connectivity index is 1.68. The SMILES string of the molecule is CCSc1ccc(Cl)cc1Cn1cnc2cc(CN3CC[C@@H](NC(C)=O)C3)c(OC(F)(F)F)cc2c1=O. The van der Waals surface area contributed by atoms with E-state index in [1.165, 1.54) is 23.9 Å². The molecular formula is C25H26ClF3N4O3S. The van der Waals surface area contributed by atoms with Crippen LogP contribution in [0.3, 0.4) is 0 Å². The van der Waals surface area contributed by atoms with Crippen molar-refractivity contribution in [1.29, 1.82) is 0 Å². The normalized spacial score (nSPS) is 16.3. The first-order valence-electron chi connectivity index (χ1n) is 11.7. The van der Waals surface area contributed by atoms with Gasteiger partial charge in [-0.05, 0) is 48.1 Å². The fourth-order valence-corrected chi connectivity index (χ4v) is 5.44. The van der Waals surface area contributed by atoms with Crippen LogP contribution in [0.25, 0.3) is 10.9 Å². The van der Waals surface area contributed by atoms with Gasteiger partial charge in [0.25, 0.3) is 5.56 Å². The van der Waals surface area contributed by atoms with Gasteiger partial charge >= 0.3 is 6.36 Å². The first-order valence-corrected chi connectivity index (χ1v) is 13.1. The van der Waals surface area contributed by atoms with Crippen molar-refractivity contribution in [3.8, 4) is 5.75 Å². The highest BCUT2D eigenvalue weighted by Gasteiger charge is 2.33. The summed E-state index contributed by atoms with van der Waals surface area (Å²) >= 11 is 7.76. The number of rotatable bonds is 8. The number of fused-ring (bicyclic) bond motifs is 1. The lowest BCUT2D eigenvalue weighted by Gasteiger charge is -2.20. The summed E-state index contributed by atoms with van der Waals surface area (Å²) in [7, 11) is 0. The molecule has 0 saturated carbocycles. The number of hydrogen-bond acceptors (Lipinski definition) is 6. The molecule has 0 unspecified atom stereocenters. The Morgan fingerprint density at radius 1 is 1.24 bits per heavy atom. The molecule has 0 bridgehead atoms. The summed E-state index contributed by atoms with van der Waals surface area (Å²) in [4.78, 5) is 31.9. The largest absolute Gasteiger partial charge is 0.573 e. The second-order valence-electron chi connectivity index (χ2n) is 8.81. The maximum absolute atomic E-state index is 13.3. The van der Waals surface area contributed by atoms with E-state index in [9.17, 15) is 22.8 Å². The molecule has 2 aromatic carbocycles. The van der Waals surface area contributed by atoms with Crippen LogP contribution in [-0.4, -0.2) is 51.6 Å². The van der Waals surface area contributed by atoms with Gasteiger partial charge in [-0.3, -0.25) is 19.1 Å². The number of benzene rings is 2. The topological polar surface area (TPSA) is 76.5 Å². The number of carbonyl (C=O) groups excluding carboxylic acids is 1. The number of aromatic nitrogens is 2. The number of carbonyl (C=O) groups is 1. The van der Waals surface area contributed by atoms with Gasteiger partial charge in [-0.25, -0.2) is 4.98 Å². The number of nitrogens with zero attached hydrogens (tertiary/aromatic N) is 3. The van der Waals surface area contributed by atoms with Gasteiger partial charge in [0, 0.05) is 48.1 Å². The second kappa shape index (κ2) is 11.3. The average molecular weight is 555 g/mol. The monoisotopic (exact) mass is 554 g/mol. The zero-order valence-corrected chi connectivity index (χ0v) is 21.8. The number of alkyl halides is 3. The third-order valence-corrected chi connectivity index (χ3v) is 7.20. The smallest absolute Gasteiger partial charge is 0.405 e. The van der Waals surface area contributed by atoms with E-state index in [2.05, 4.69) is 15.0 Å². The molecule has 3 aromatic rings. The number of amides is 1. The van der Waals surface area contributed by atoms with E-state index < -0.39 is 17.7 Å². The molecule has 1 atom stereocenters. The van der Waals surface area contributed by atoms with Crippen molar-refractivity contribution in [1.82, 2.24) is 19.8 Å². The summed E-state index contributed by atoms with van der Waals surface area (Å²) in [5.74, 6) is 0.227. The summed E-state index contributed by atoms with van der Waals surface area (Å²) in [6.07, 6.45) is -2.85. The Morgan fingerprint density at radius 3 is 2.73 bits per heavy atom. The number of hydrogen-bond donors (Lipinski definition) is 1. The van der Waals surface area contributed by atoms with E-state index in [0.29, 0.717) is 24.5 Å². The molecule has 0 aliphatic carbocycles. The van der Waals surface area contributed by atoms with Gasteiger partial charge in [-0.15, -0.1) is 24.9 Å². The highest BCUT2D eigenvalue weighted by atomic mass is 35.5. The summed E-state index contributed by atoms with van der Waals surface area (Å²) in [6, 6.07) is 7.92. The maximum atomic E-state index is 13.3. The molecule has 2 heterocycles. The Kier molecular flexibility index (Phi) is 8.35. The van der Waals surface area contributed by atoms with Crippen LogP contribution < -0.4 is 15.6 Å². The van der Waals surface area contributed by atoms with E-state index in [-0.39, 0.29) is 41.5 Å². The van der Waals surface area contributed by atoms with E-state index in [1.807, 2.05) is 17.9 Å². The summed E-state index contributed by atoms with van der Waals surface area (Å²) < 4.78 is 45.5. The molecule has 198 valence electrons. The lowest BCUT2D eigenvalue weighted by Crippen LogP contribution is -2.35. The maximum Gasteiger partial charge on any atom is 0.573 e. The standard InChI is InChI=1S/C25H26ClF3N4O3S/c1-3-37-23-5-4-18(26)8-17(23)12-33-14-30-21-9-16(11-32-7-6-19(13-32)31-15(2)34)22(36-25(27,28)29)10-20(21)24(33)35/h4-5,8-10,14,19H,3,6-7,11-13H2,1-2H3,(H,31,34)/t19-/m1/s1. The minimum atomic E-state index is -4.93. The van der Waals surface area contributed by atoms with Gasteiger partial charge in [-0.2, -0.15) is 0 Å². The van der Waals surface area contributed by atoms with Gasteiger partial charge in [0.15, 0.2) is 0 Å². The fourth-order valence-electron chi connectivity index (χ4n) is 4.46. The lowest BCUT2D eigenvalue weighted by molar-refractivity contribution is -0.274. The Hall–Kier alpha value is -2.76. The molecule has 1 fully saturated rings. The Bertz CT molecular complexity index is 1370. The first-order chi connectivity index (χ1) is 17.5. The molecule has 1 aliphatic heterocycles. The van der Waals surface area contributed by atoms with Crippen LogP contribution in [0.4, 0.5) is 13.2 Å². The van der Waals surface area contributed by atoms with Crippen molar-refractivity contribution in [3.05, 3.63) is 63.2 Å². The third-order valence-electron chi connectivity index (χ3n) is 5.97. The number of halogens is 4. The van der Waals surface area contributed by atoms with E-state index in [4.69, 9.17) is 11.6 Å². The molecule has 7 nitrogen and oxygen atoms in total. The average Bonchev–Trinajstić information content (AvgIpc) is 3.23. The predicted molar refractivity (Wildman–Crippen MR) is 137 cm³/mol. The van der Waals surface area contributed by atoms with Crippen molar-refractivity contribution >= 4 is 40.2 Å². The molecule has 4 rings (SSSR count). The van der Waals surface area contributed by atoms with Crippen LogP contribution in [0.5, 0.6) is 5.75 Å². The zero-order chi connectivity index (χ0) is 26.7. The summed E-state index contributed by atoms with van der Waals surface area (Å²) in [6.45, 7) is 4.85. The van der Waals surface area contributed by atoms with Gasteiger partial charge in [0.05, 0.1) is 23.8 Å². The van der Waals surface area contributed by atoms with Gasteiger partial charge < -0.3 is 10.1 Å². The molecular weight excluding hydrogens is 529 g/mol. The Morgan fingerprint density at radius 2 is 2.03 bits per heavy atom. The van der Waals surface area contributed by atoms with Crippen LogP contribution in [0.1, 0.15) is 31.4 Å². The van der Waals surface area contributed by atoms with Crippen molar-refractivity contribution in [2.75, 3.05) is 18.8 Å². The highest BCUT2D eigenvalue weighted by Crippen LogP contribution is 2.31. The molecule has 0 radical (unpaired) electrons. The fraction of sp³-hybridized carbons (Fsp3) is 0.400. The van der Waals surface area contributed by atoms with Crippen molar-refractivity contribution in [2.24, 2.45) is 0 Å². The van der Waals surface area contributed by atoms with Crippen LogP contribution in [0.15, 0.2) is 46.3 Å². The Labute approximate surface area is 220 Å². The summed E-state index contributed by atoms with van der Waals surface area (Å²) in [5, 5.41) is 3.37. The van der Waals surface area contributed by atoms with E-state index in [0.717, 1.165) is 22.3 Å². The minimum absolute atomic E-state index is 0.0229. The molecule has 1 aromatic heterocycles. The minimum Gasteiger partial charge on any atom is -0.405 e. The molecule has 1 amide bonds. The van der Waals surface area contributed by atoms with Crippen molar-refractivity contribution in [3.63, 3.8) is 0 Å². The molecule has 1 aliphatic rings. The highest BCUT2D eigenvalue weighted by molar-refractivity contribution is 7.99. The van der Waals surface area contributed by atoms with Gasteiger partial charge in [-0.1, -0.05) is 18.5 Å². The predicted octanol–water partition coefficient (Wildman–Crippen LogP) is 4.82. The van der Waals surface area contributed by atoms with Gasteiger partial charge in [0.1, 0.15) is 5.75 Å². The number of thioether (sulfide) groups is 1. The second-order valence-corrected chi connectivity index (χ2v) is 10.6. The van der Waals surface area contributed by atoms with Crippen LogP contribution in [-0.2, 0) is 17.9 Å². The van der Waals surface area contributed by atoms with E-state index in [1.54, 1.807) is 23.9 Å². The molecule has 1 saturated heterocycles. The van der Waals surface area contributed by atoms with Crippen molar-refractivity contribution < 1.29 is 22.7 Å².